The number of nitro groups is 1. The van der Waals surface area contributed by atoms with Gasteiger partial charge in [-0.05, 0) is 12.1 Å². The molecule has 0 fully saturated rings. The molecule has 19 heavy (non-hydrogen) atoms. The third-order valence-electron chi connectivity index (χ3n) is 2.12. The molecule has 0 spiro atoms. The van der Waals surface area contributed by atoms with E-state index in [0.717, 1.165) is 18.2 Å². The maximum atomic E-state index is 13.3. The van der Waals surface area contributed by atoms with Crippen molar-refractivity contribution in [2.24, 2.45) is 5.73 Å². The molecule has 1 rings (SSSR count). The number of nitro benzene ring substituents is 1. The lowest BCUT2D eigenvalue weighted by molar-refractivity contribution is -0.387. The van der Waals surface area contributed by atoms with Crippen LogP contribution in [0.4, 0.5) is 14.9 Å². The van der Waals surface area contributed by atoms with E-state index in [0.29, 0.717) is 0 Å². The second kappa shape index (κ2) is 6.28. The molecule has 0 aliphatic carbocycles. The van der Waals surface area contributed by atoms with Gasteiger partial charge in [0.25, 0.3) is 5.91 Å². The Morgan fingerprint density at radius 1 is 1.32 bits per heavy atom. The summed E-state index contributed by atoms with van der Waals surface area (Å²) in [6.07, 6.45) is 0. The minimum atomic E-state index is -1.09. The fraction of sp³-hybridized carbons (Fsp3) is 0.200. The maximum absolute atomic E-state index is 13.3. The molecule has 0 bridgehead atoms. The van der Waals surface area contributed by atoms with Gasteiger partial charge in [0.2, 0.25) is 5.82 Å². The molecule has 1 aromatic carbocycles. The number of nitrogens with two attached hydrogens (primary N) is 1. The molecule has 9 heteroatoms. The van der Waals surface area contributed by atoms with Crippen LogP contribution < -0.4 is 16.4 Å². The number of carbonyl (C=O) groups is 2. The van der Waals surface area contributed by atoms with Gasteiger partial charge in [-0.3, -0.25) is 14.9 Å². The third kappa shape index (κ3) is 4.22. The van der Waals surface area contributed by atoms with Crippen molar-refractivity contribution < 1.29 is 18.9 Å². The van der Waals surface area contributed by atoms with E-state index in [1.54, 1.807) is 0 Å². The predicted molar refractivity (Wildman–Crippen MR) is 63.0 cm³/mol. The minimum absolute atomic E-state index is 0.0535. The molecular weight excluding hydrogens is 259 g/mol. The highest BCUT2D eigenvalue weighted by molar-refractivity contribution is 5.94. The van der Waals surface area contributed by atoms with Crippen molar-refractivity contribution in [1.29, 1.82) is 0 Å². The molecule has 0 unspecified atom stereocenters. The number of nitrogens with one attached hydrogen (secondary N) is 2. The highest BCUT2D eigenvalue weighted by Crippen LogP contribution is 2.17. The van der Waals surface area contributed by atoms with Crippen LogP contribution in [-0.4, -0.2) is 30.0 Å². The summed E-state index contributed by atoms with van der Waals surface area (Å²) in [6, 6.07) is 2.09. The number of benzene rings is 1. The smallest absolute Gasteiger partial charge is 0.312 e. The Morgan fingerprint density at radius 2 is 1.95 bits per heavy atom. The molecular formula is C10H11FN4O4. The Bertz CT molecular complexity index is 520. The Morgan fingerprint density at radius 3 is 2.47 bits per heavy atom. The van der Waals surface area contributed by atoms with Gasteiger partial charge in [-0.2, -0.15) is 4.39 Å². The molecule has 0 saturated heterocycles. The largest absolute Gasteiger partial charge is 0.352 e. The molecule has 0 aliphatic rings. The molecule has 0 aliphatic heterocycles. The summed E-state index contributed by atoms with van der Waals surface area (Å²) in [5.74, 6) is -1.70. The molecule has 0 heterocycles. The van der Waals surface area contributed by atoms with Gasteiger partial charge in [-0.1, -0.05) is 0 Å². The first kappa shape index (κ1) is 14.4. The predicted octanol–water partition coefficient (Wildman–Crippen LogP) is 0.132. The van der Waals surface area contributed by atoms with Crippen LogP contribution in [-0.2, 0) is 0 Å². The third-order valence-corrected chi connectivity index (χ3v) is 2.12. The van der Waals surface area contributed by atoms with Crippen LogP contribution in [0.15, 0.2) is 18.2 Å². The van der Waals surface area contributed by atoms with Crippen molar-refractivity contribution in [3.05, 3.63) is 39.7 Å². The van der Waals surface area contributed by atoms with Crippen molar-refractivity contribution in [3.63, 3.8) is 0 Å². The van der Waals surface area contributed by atoms with E-state index in [1.165, 1.54) is 0 Å². The zero-order valence-corrected chi connectivity index (χ0v) is 9.68. The van der Waals surface area contributed by atoms with Crippen LogP contribution in [0, 0.1) is 15.9 Å². The zero-order chi connectivity index (χ0) is 14.4. The van der Waals surface area contributed by atoms with E-state index in [9.17, 15) is 24.1 Å². The highest BCUT2D eigenvalue weighted by atomic mass is 19.1. The van der Waals surface area contributed by atoms with Gasteiger partial charge in [0.05, 0.1) is 4.92 Å². The quantitative estimate of drug-likeness (QED) is 0.399. The Hall–Kier alpha value is -2.71. The number of hydrogen-bond acceptors (Lipinski definition) is 4. The average molecular weight is 270 g/mol. The number of rotatable bonds is 5. The van der Waals surface area contributed by atoms with Crippen LogP contribution in [0.2, 0.25) is 0 Å². The van der Waals surface area contributed by atoms with E-state index in [1.807, 2.05) is 0 Å². The van der Waals surface area contributed by atoms with Crippen LogP contribution in [0.1, 0.15) is 10.4 Å². The number of primary amides is 1. The summed E-state index contributed by atoms with van der Waals surface area (Å²) in [4.78, 5) is 31.4. The van der Waals surface area contributed by atoms with Crippen molar-refractivity contribution in [2.45, 2.75) is 0 Å². The first-order valence-electron chi connectivity index (χ1n) is 5.17. The fourth-order valence-electron chi connectivity index (χ4n) is 1.26. The lowest BCUT2D eigenvalue weighted by Crippen LogP contribution is -2.37. The average Bonchev–Trinajstić information content (AvgIpc) is 2.33. The second-order valence-corrected chi connectivity index (χ2v) is 3.47. The Kier molecular flexibility index (Phi) is 4.75. The Balaban J connectivity index is 2.60. The van der Waals surface area contributed by atoms with E-state index in [4.69, 9.17) is 5.73 Å². The van der Waals surface area contributed by atoms with Crippen molar-refractivity contribution >= 4 is 17.6 Å². The van der Waals surface area contributed by atoms with Crippen LogP contribution >= 0.6 is 0 Å². The van der Waals surface area contributed by atoms with Gasteiger partial charge in [0.1, 0.15) is 0 Å². The van der Waals surface area contributed by atoms with E-state index < -0.39 is 28.4 Å². The lowest BCUT2D eigenvalue weighted by Gasteiger charge is -2.05. The molecule has 102 valence electrons. The molecule has 8 nitrogen and oxygen atoms in total. The summed E-state index contributed by atoms with van der Waals surface area (Å²) in [7, 11) is 0. The monoisotopic (exact) mass is 270 g/mol. The highest BCUT2D eigenvalue weighted by Gasteiger charge is 2.16. The van der Waals surface area contributed by atoms with Gasteiger partial charge in [0.15, 0.2) is 0 Å². The number of carbonyl (C=O) groups excluding carboxylic acids is 2. The normalized spacial score (nSPS) is 9.74. The first-order chi connectivity index (χ1) is 8.91. The summed E-state index contributed by atoms with van der Waals surface area (Å²) < 4.78 is 13.3. The number of halogens is 1. The van der Waals surface area contributed by atoms with Crippen molar-refractivity contribution in [1.82, 2.24) is 10.6 Å². The van der Waals surface area contributed by atoms with Gasteiger partial charge in [0, 0.05) is 24.7 Å². The van der Waals surface area contributed by atoms with E-state index in [2.05, 4.69) is 10.6 Å². The van der Waals surface area contributed by atoms with E-state index in [-0.39, 0.29) is 18.7 Å². The summed E-state index contributed by atoms with van der Waals surface area (Å²) >= 11 is 0. The van der Waals surface area contributed by atoms with Gasteiger partial charge in [-0.25, -0.2) is 4.79 Å². The summed E-state index contributed by atoms with van der Waals surface area (Å²) in [5.41, 5.74) is 4.05. The molecule has 0 saturated carbocycles. The summed E-state index contributed by atoms with van der Waals surface area (Å²) in [6.45, 7) is 0.219. The minimum Gasteiger partial charge on any atom is -0.352 e. The maximum Gasteiger partial charge on any atom is 0.312 e. The first-order valence-corrected chi connectivity index (χ1v) is 5.17. The van der Waals surface area contributed by atoms with Gasteiger partial charge >= 0.3 is 11.7 Å². The summed E-state index contributed by atoms with van der Waals surface area (Å²) in [5, 5.41) is 15.0. The van der Waals surface area contributed by atoms with Crippen LogP contribution in [0.25, 0.3) is 0 Å². The zero-order valence-electron chi connectivity index (χ0n) is 9.68. The Labute approximate surface area is 106 Å². The molecule has 4 N–H and O–H groups in total. The second-order valence-electron chi connectivity index (χ2n) is 3.47. The number of urea groups is 1. The SMILES string of the molecule is NC(=O)NCCNC(=O)c1ccc([N+](=O)[O-])c(F)c1. The standard InChI is InChI=1S/C10H11FN4O4/c11-7-5-6(1-2-8(7)15(18)19)9(16)13-3-4-14-10(12)17/h1-2,5H,3-4H2,(H,13,16)(H3,12,14,17). The molecule has 0 atom stereocenters. The number of hydrogen-bond donors (Lipinski definition) is 3. The molecule has 3 amide bonds. The fourth-order valence-corrected chi connectivity index (χ4v) is 1.26. The topological polar surface area (TPSA) is 127 Å². The van der Waals surface area contributed by atoms with Crippen molar-refractivity contribution in [2.75, 3.05) is 13.1 Å². The van der Waals surface area contributed by atoms with E-state index >= 15 is 0 Å². The lowest BCUT2D eigenvalue weighted by atomic mass is 10.2. The van der Waals surface area contributed by atoms with Crippen molar-refractivity contribution in [3.8, 4) is 0 Å². The van der Waals surface area contributed by atoms with Crippen LogP contribution in [0.3, 0.4) is 0 Å². The van der Waals surface area contributed by atoms with Gasteiger partial charge < -0.3 is 16.4 Å². The van der Waals surface area contributed by atoms with Gasteiger partial charge in [-0.15, -0.1) is 0 Å². The molecule has 0 aromatic heterocycles. The van der Waals surface area contributed by atoms with Crippen LogP contribution in [0.5, 0.6) is 0 Å². The molecule has 0 radical (unpaired) electrons. The number of amides is 3. The number of nitrogens with zero attached hydrogens (tertiary/aromatic N) is 1. The molecule has 1 aromatic rings.